The van der Waals surface area contributed by atoms with Gasteiger partial charge in [0.25, 0.3) is 0 Å². The van der Waals surface area contributed by atoms with Crippen LogP contribution in [0.2, 0.25) is 0 Å². The Morgan fingerprint density at radius 2 is 2.00 bits per heavy atom. The van der Waals surface area contributed by atoms with E-state index in [-0.39, 0.29) is 6.04 Å². The fourth-order valence-corrected chi connectivity index (χ4v) is 5.54. The molecule has 2 aromatic rings. The molecule has 5 rings (SSSR count). The first-order valence-electron chi connectivity index (χ1n) is 13.1. The second kappa shape index (κ2) is 10.5. The summed E-state index contributed by atoms with van der Waals surface area (Å²) in [6, 6.07) is 12.6. The number of nitrogens with zero attached hydrogens (tertiary/aromatic N) is 4. The first-order valence-corrected chi connectivity index (χ1v) is 13.1. The Hall–Kier alpha value is -3.60. The number of methoxy groups -OCH3 is 1. The maximum atomic E-state index is 13.2. The van der Waals surface area contributed by atoms with E-state index in [9.17, 15) is 18.0 Å². The van der Waals surface area contributed by atoms with E-state index in [2.05, 4.69) is 39.6 Å². The molecule has 3 heterocycles. The van der Waals surface area contributed by atoms with Crippen LogP contribution in [0.3, 0.4) is 0 Å². The molecule has 0 saturated heterocycles. The Morgan fingerprint density at radius 3 is 2.69 bits per heavy atom. The summed E-state index contributed by atoms with van der Waals surface area (Å²) < 4.78 is 49.8. The lowest BCUT2D eigenvalue weighted by atomic mass is 9.87. The molecule has 0 radical (unpaired) electrons. The summed E-state index contributed by atoms with van der Waals surface area (Å²) in [5.74, 6) is -1.58. The summed E-state index contributed by atoms with van der Waals surface area (Å²) in [6.07, 6.45) is -1.41. The van der Waals surface area contributed by atoms with Gasteiger partial charge < -0.3 is 14.8 Å². The van der Waals surface area contributed by atoms with Gasteiger partial charge in [0.05, 0.1) is 13.2 Å². The van der Waals surface area contributed by atoms with Gasteiger partial charge in [-0.2, -0.15) is 13.2 Å². The normalized spacial score (nSPS) is 24.9. The van der Waals surface area contributed by atoms with Crippen LogP contribution in [-0.4, -0.2) is 61.1 Å². The monoisotopic (exact) mass is 543 g/mol. The molecule has 0 aromatic heterocycles. The molecular formula is C28H32F3N5O3. The molecule has 3 aliphatic rings. The van der Waals surface area contributed by atoms with Crippen molar-refractivity contribution < 1.29 is 27.4 Å². The third kappa shape index (κ3) is 5.45. The first-order chi connectivity index (χ1) is 18.6. The Morgan fingerprint density at radius 1 is 1.18 bits per heavy atom. The van der Waals surface area contributed by atoms with Crippen molar-refractivity contribution in [3.05, 3.63) is 65.2 Å². The van der Waals surface area contributed by atoms with E-state index in [1.165, 1.54) is 12.5 Å². The minimum absolute atomic E-state index is 0.188. The van der Waals surface area contributed by atoms with Crippen LogP contribution in [-0.2, 0) is 9.53 Å². The molecule has 8 nitrogen and oxygen atoms in total. The van der Waals surface area contributed by atoms with Gasteiger partial charge in [0.15, 0.2) is 0 Å². The fraction of sp³-hybridized carbons (Fsp3) is 0.464. The van der Waals surface area contributed by atoms with E-state index < -0.39 is 23.9 Å². The van der Waals surface area contributed by atoms with E-state index >= 15 is 0 Å². The molecule has 39 heavy (non-hydrogen) atoms. The molecule has 3 aliphatic heterocycles. The van der Waals surface area contributed by atoms with E-state index in [4.69, 9.17) is 9.47 Å². The molecule has 11 heteroatoms. The minimum atomic E-state index is -5.14. The number of benzene rings is 2. The molecule has 0 spiro atoms. The Kier molecular flexibility index (Phi) is 7.28. The maximum absolute atomic E-state index is 13.2. The molecule has 0 amide bonds. The van der Waals surface area contributed by atoms with Gasteiger partial charge in [-0.3, -0.25) is 9.91 Å². The van der Waals surface area contributed by atoms with Gasteiger partial charge in [-0.05, 0) is 59.8 Å². The Labute approximate surface area is 225 Å². The van der Waals surface area contributed by atoms with Gasteiger partial charge in [-0.25, -0.2) is 4.79 Å². The van der Waals surface area contributed by atoms with E-state index in [0.29, 0.717) is 24.3 Å². The van der Waals surface area contributed by atoms with Crippen molar-refractivity contribution in [3.63, 3.8) is 0 Å². The second-order valence-electron chi connectivity index (χ2n) is 10.1. The SMILES string of the molecule is CCN1CC=C(c2ccc3c(c2)C(Nc2cccc(OC)c2)CCN2N=NC(C)(OC(=O)C(F)(F)F)C32)CC1. The minimum Gasteiger partial charge on any atom is -0.497 e. The number of alkyl halides is 3. The summed E-state index contributed by atoms with van der Waals surface area (Å²) in [5, 5.41) is 13.4. The van der Waals surface area contributed by atoms with Crippen molar-refractivity contribution in [2.45, 2.75) is 50.7 Å². The molecule has 2 aromatic carbocycles. The van der Waals surface area contributed by atoms with Gasteiger partial charge in [0.2, 0.25) is 5.72 Å². The van der Waals surface area contributed by atoms with Gasteiger partial charge in [-0.1, -0.05) is 36.4 Å². The van der Waals surface area contributed by atoms with Crippen molar-refractivity contribution in [2.75, 3.05) is 38.6 Å². The number of carbonyl (C=O) groups is 1. The molecule has 0 bridgehead atoms. The lowest BCUT2D eigenvalue weighted by Crippen LogP contribution is -2.42. The largest absolute Gasteiger partial charge is 0.497 e. The maximum Gasteiger partial charge on any atom is 0.491 e. The van der Waals surface area contributed by atoms with Crippen LogP contribution in [0, 0.1) is 0 Å². The molecule has 0 aliphatic carbocycles. The summed E-state index contributed by atoms with van der Waals surface area (Å²) >= 11 is 0. The van der Waals surface area contributed by atoms with E-state index in [1.807, 2.05) is 36.4 Å². The van der Waals surface area contributed by atoms with Crippen molar-refractivity contribution >= 4 is 17.2 Å². The number of likely N-dealkylation sites (N-methyl/N-ethyl adjacent to an activating group) is 1. The molecule has 208 valence electrons. The van der Waals surface area contributed by atoms with E-state index in [1.54, 1.807) is 12.1 Å². The van der Waals surface area contributed by atoms with Crippen molar-refractivity contribution in [1.29, 1.82) is 0 Å². The second-order valence-corrected chi connectivity index (χ2v) is 10.1. The van der Waals surface area contributed by atoms with Crippen LogP contribution < -0.4 is 10.1 Å². The van der Waals surface area contributed by atoms with Gasteiger partial charge >= 0.3 is 12.1 Å². The Balaban J connectivity index is 1.55. The number of rotatable bonds is 6. The molecule has 1 N–H and O–H groups in total. The third-order valence-electron chi connectivity index (χ3n) is 7.62. The van der Waals surface area contributed by atoms with Crippen LogP contribution in [0.1, 0.15) is 55.5 Å². The number of anilines is 1. The third-order valence-corrected chi connectivity index (χ3v) is 7.62. The van der Waals surface area contributed by atoms with Crippen molar-refractivity contribution in [1.82, 2.24) is 9.91 Å². The van der Waals surface area contributed by atoms with Crippen molar-refractivity contribution in [3.8, 4) is 5.75 Å². The number of esters is 1. The van der Waals surface area contributed by atoms with Gasteiger partial charge in [-0.15, -0.1) is 5.11 Å². The smallest absolute Gasteiger partial charge is 0.491 e. The number of carbonyl (C=O) groups excluding carboxylic acids is 1. The van der Waals surface area contributed by atoms with E-state index in [0.717, 1.165) is 42.9 Å². The van der Waals surface area contributed by atoms with Gasteiger partial charge in [0.1, 0.15) is 11.8 Å². The van der Waals surface area contributed by atoms with Crippen LogP contribution in [0.4, 0.5) is 18.9 Å². The van der Waals surface area contributed by atoms with Crippen LogP contribution in [0.5, 0.6) is 5.75 Å². The molecule has 3 atom stereocenters. The van der Waals surface area contributed by atoms with Crippen molar-refractivity contribution in [2.24, 2.45) is 10.3 Å². The fourth-order valence-electron chi connectivity index (χ4n) is 5.54. The predicted molar refractivity (Wildman–Crippen MR) is 140 cm³/mol. The summed E-state index contributed by atoms with van der Waals surface area (Å²) in [6.45, 7) is 6.73. The lowest BCUT2D eigenvalue weighted by molar-refractivity contribution is -0.215. The number of nitrogens with one attached hydrogen (secondary N) is 1. The molecule has 0 saturated carbocycles. The molecule has 0 fully saturated rings. The number of halogens is 3. The zero-order chi connectivity index (χ0) is 27.8. The average Bonchev–Trinajstić information content (AvgIpc) is 3.16. The van der Waals surface area contributed by atoms with Crippen LogP contribution in [0.15, 0.2) is 58.9 Å². The zero-order valence-electron chi connectivity index (χ0n) is 22.2. The standard InChI is InChI=1S/C28H32F3N5O3/c1-4-35-13-10-18(11-14-35)19-8-9-22-23(16-19)24(32-20-6-5-7-21(17-20)38-3)12-15-36-25(22)27(2,33-34-36)39-26(37)28(29,30)31/h5-10,16-17,24-25,32H,4,11-15H2,1-3H3. The van der Waals surface area contributed by atoms with Gasteiger partial charge in [0, 0.05) is 38.3 Å². The predicted octanol–water partition coefficient (Wildman–Crippen LogP) is 5.91. The topological polar surface area (TPSA) is 78.8 Å². The molecular weight excluding hydrogens is 511 g/mol. The summed E-state index contributed by atoms with van der Waals surface area (Å²) in [5.41, 5.74) is 2.93. The highest BCUT2D eigenvalue weighted by atomic mass is 19.4. The van der Waals surface area contributed by atoms with Crippen LogP contribution in [0.25, 0.3) is 5.57 Å². The van der Waals surface area contributed by atoms with Crippen LogP contribution >= 0.6 is 0 Å². The highest BCUT2D eigenvalue weighted by molar-refractivity contribution is 5.76. The lowest BCUT2D eigenvalue weighted by Gasteiger charge is -2.32. The number of ether oxygens (including phenoxy) is 2. The average molecular weight is 544 g/mol. The Bertz CT molecular complexity index is 1300. The number of hydrogen-bond donors (Lipinski definition) is 1. The highest BCUT2D eigenvalue weighted by Gasteiger charge is 2.54. The quantitative estimate of drug-likeness (QED) is 0.457. The summed E-state index contributed by atoms with van der Waals surface area (Å²) in [4.78, 5) is 14.2. The molecule has 3 unspecified atom stereocenters. The summed E-state index contributed by atoms with van der Waals surface area (Å²) in [7, 11) is 1.60. The zero-order valence-corrected chi connectivity index (χ0v) is 22.2. The number of fused-ring (bicyclic) bond motifs is 3. The first kappa shape index (κ1) is 27.0. The number of hydrogen-bond acceptors (Lipinski definition) is 8. The highest BCUT2D eigenvalue weighted by Crippen LogP contribution is 2.48.